The number of hydrogen-bond acceptors (Lipinski definition) is 4. The minimum absolute atomic E-state index is 0.0562. The number of esters is 1. The number of carbonyl (C=O) groups excluding carboxylic acids is 1. The van der Waals surface area contributed by atoms with Crippen LogP contribution in [0.4, 0.5) is 0 Å². The summed E-state index contributed by atoms with van der Waals surface area (Å²) in [5.74, 6) is -1.49. The fourth-order valence-corrected chi connectivity index (χ4v) is 1.01. The van der Waals surface area contributed by atoms with Crippen molar-refractivity contribution in [3.63, 3.8) is 0 Å². The van der Waals surface area contributed by atoms with Crippen molar-refractivity contribution in [1.29, 1.82) is 0 Å². The smallest absolute Gasteiger partial charge is 0.341 e. The number of carboxylic acid groups (broad SMARTS) is 1. The van der Waals surface area contributed by atoms with Crippen molar-refractivity contribution in [1.82, 2.24) is 0 Å². The van der Waals surface area contributed by atoms with Crippen molar-refractivity contribution >= 4 is 11.9 Å². The van der Waals surface area contributed by atoms with E-state index in [1.165, 1.54) is 25.3 Å². The Bertz CT molecular complexity index is 474. The van der Waals surface area contributed by atoms with Crippen LogP contribution in [-0.2, 0) is 9.53 Å². The molecule has 0 aliphatic carbocycles. The van der Waals surface area contributed by atoms with Gasteiger partial charge in [0.2, 0.25) is 0 Å². The lowest BCUT2D eigenvalue weighted by atomic mass is 10.2. The lowest BCUT2D eigenvalue weighted by Crippen LogP contribution is -2.00. The number of benzene rings is 1. The van der Waals surface area contributed by atoms with E-state index >= 15 is 0 Å². The number of hydrogen-bond donors (Lipinski definition) is 2. The fraction of sp³-hybridized carbons (Fsp3) is 0.143. The summed E-state index contributed by atoms with van der Waals surface area (Å²) >= 11 is 0. The van der Waals surface area contributed by atoms with Crippen molar-refractivity contribution in [2.75, 3.05) is 7.11 Å². The van der Waals surface area contributed by atoms with Gasteiger partial charge in [-0.25, -0.2) is 9.59 Å². The van der Waals surface area contributed by atoms with Crippen LogP contribution in [0.15, 0.2) is 48.6 Å². The molecule has 5 heteroatoms. The maximum absolute atomic E-state index is 10.9. The summed E-state index contributed by atoms with van der Waals surface area (Å²) < 4.78 is 4.42. The molecule has 0 unspecified atom stereocenters. The van der Waals surface area contributed by atoms with Gasteiger partial charge in [0.05, 0.1) is 7.11 Å². The summed E-state index contributed by atoms with van der Waals surface area (Å²) in [5, 5.41) is 17.1. The van der Waals surface area contributed by atoms with E-state index in [1.54, 1.807) is 24.3 Å². The topological polar surface area (TPSA) is 83.8 Å². The minimum Gasteiger partial charge on any atom is -0.507 e. The summed E-state index contributed by atoms with van der Waals surface area (Å²) in [6.45, 7) is 1.83. The highest BCUT2D eigenvalue weighted by Crippen LogP contribution is 2.15. The van der Waals surface area contributed by atoms with Crippen LogP contribution in [0.3, 0.4) is 0 Å². The second kappa shape index (κ2) is 9.47. The molecule has 0 saturated carbocycles. The number of carboxylic acids is 1. The quantitative estimate of drug-likeness (QED) is 0.497. The van der Waals surface area contributed by atoms with E-state index in [9.17, 15) is 9.59 Å². The molecule has 0 amide bonds. The molecule has 0 aromatic heterocycles. The third-order valence-electron chi connectivity index (χ3n) is 1.85. The lowest BCUT2D eigenvalue weighted by Gasteiger charge is -1.99. The number of ether oxygens (including phenoxy) is 1. The van der Waals surface area contributed by atoms with E-state index in [4.69, 9.17) is 10.2 Å². The maximum atomic E-state index is 10.9. The third kappa shape index (κ3) is 7.38. The highest BCUT2D eigenvalue weighted by molar-refractivity contribution is 5.92. The van der Waals surface area contributed by atoms with E-state index in [2.05, 4.69) is 4.74 Å². The fourth-order valence-electron chi connectivity index (χ4n) is 1.01. The predicted octanol–water partition coefficient (Wildman–Crippen LogP) is 2.38. The zero-order valence-electron chi connectivity index (χ0n) is 10.7. The van der Waals surface area contributed by atoms with Crippen LogP contribution in [0.25, 0.3) is 0 Å². The number of carbonyl (C=O) groups is 2. The Morgan fingerprint density at radius 1 is 1.21 bits per heavy atom. The largest absolute Gasteiger partial charge is 0.507 e. The highest BCUT2D eigenvalue weighted by Gasteiger charge is 2.08. The van der Waals surface area contributed by atoms with Gasteiger partial charge < -0.3 is 14.9 Å². The number of phenolic OH excluding ortho intramolecular Hbond substituents is 1. The molecule has 102 valence electrons. The second-order valence-electron chi connectivity index (χ2n) is 3.23. The standard InChI is InChI=1S/C8H8O3.C6H8O2/c1-11-8(10)6-4-2-3-5-7(6)9;1-2-3-4-5-6(7)8/h2-5,9H,1H3;2-5H,1H3,(H,7,8)/b;3-2+,5-4+. The van der Waals surface area contributed by atoms with Crippen molar-refractivity contribution in [3.05, 3.63) is 54.1 Å². The number of aliphatic carboxylic acids is 1. The molecule has 0 aliphatic rings. The third-order valence-corrected chi connectivity index (χ3v) is 1.85. The molecule has 0 radical (unpaired) electrons. The molecule has 0 saturated heterocycles. The molecule has 0 spiro atoms. The first-order valence-electron chi connectivity index (χ1n) is 5.41. The number of rotatable bonds is 3. The van der Waals surface area contributed by atoms with Crippen molar-refractivity contribution in [3.8, 4) is 5.75 Å². The molecule has 5 nitrogen and oxygen atoms in total. The Labute approximate surface area is 111 Å². The summed E-state index contributed by atoms with van der Waals surface area (Å²) in [5.41, 5.74) is 0.190. The zero-order valence-corrected chi connectivity index (χ0v) is 10.7. The number of phenols is 1. The van der Waals surface area contributed by atoms with Crippen LogP contribution in [0, 0.1) is 0 Å². The highest BCUT2D eigenvalue weighted by atomic mass is 16.5. The first kappa shape index (κ1) is 16.4. The average Bonchev–Trinajstić information content (AvgIpc) is 2.39. The van der Waals surface area contributed by atoms with Gasteiger partial charge in [-0.1, -0.05) is 30.4 Å². The average molecular weight is 264 g/mol. The van der Waals surface area contributed by atoms with Gasteiger partial charge in [0.1, 0.15) is 11.3 Å². The summed E-state index contributed by atoms with van der Waals surface area (Å²) in [7, 11) is 1.27. The molecule has 1 rings (SSSR count). The zero-order chi connectivity index (χ0) is 14.7. The van der Waals surface area contributed by atoms with Gasteiger partial charge in [-0.3, -0.25) is 0 Å². The van der Waals surface area contributed by atoms with E-state index in [-0.39, 0.29) is 11.3 Å². The first-order valence-corrected chi connectivity index (χ1v) is 5.41. The van der Waals surface area contributed by atoms with E-state index in [0.29, 0.717) is 0 Å². The summed E-state index contributed by atoms with van der Waals surface area (Å²) in [6, 6.07) is 6.24. The molecule has 2 N–H and O–H groups in total. The van der Waals surface area contributed by atoms with Gasteiger partial charge in [-0.15, -0.1) is 0 Å². The minimum atomic E-state index is -0.914. The van der Waals surface area contributed by atoms with Gasteiger partial charge in [0.25, 0.3) is 0 Å². The molecule has 1 aromatic carbocycles. The Balaban J connectivity index is 0.000000362. The summed E-state index contributed by atoms with van der Waals surface area (Å²) in [6.07, 6.45) is 5.98. The predicted molar refractivity (Wildman–Crippen MR) is 71.0 cm³/mol. The van der Waals surface area contributed by atoms with Gasteiger partial charge in [-0.05, 0) is 19.1 Å². The molecule has 0 aliphatic heterocycles. The van der Waals surface area contributed by atoms with Crippen LogP contribution in [0.2, 0.25) is 0 Å². The van der Waals surface area contributed by atoms with Crippen molar-refractivity contribution < 1.29 is 24.5 Å². The molecule has 0 fully saturated rings. The van der Waals surface area contributed by atoms with E-state index in [0.717, 1.165) is 6.08 Å². The molecular formula is C14H16O5. The second-order valence-corrected chi connectivity index (χ2v) is 3.23. The van der Waals surface area contributed by atoms with Gasteiger partial charge >= 0.3 is 11.9 Å². The maximum Gasteiger partial charge on any atom is 0.341 e. The molecule has 1 aromatic rings. The van der Waals surface area contributed by atoms with Crippen LogP contribution >= 0.6 is 0 Å². The molecule has 0 heterocycles. The number of aromatic hydroxyl groups is 1. The monoisotopic (exact) mass is 264 g/mol. The van der Waals surface area contributed by atoms with Crippen LogP contribution in [0.1, 0.15) is 17.3 Å². The molecule has 0 bridgehead atoms. The van der Waals surface area contributed by atoms with E-state index < -0.39 is 11.9 Å². The Hall–Kier alpha value is -2.56. The van der Waals surface area contributed by atoms with Gasteiger partial charge in [0.15, 0.2) is 0 Å². The Morgan fingerprint density at radius 3 is 2.32 bits per heavy atom. The van der Waals surface area contributed by atoms with Gasteiger partial charge in [-0.2, -0.15) is 0 Å². The molecule has 19 heavy (non-hydrogen) atoms. The van der Waals surface area contributed by atoms with Crippen LogP contribution in [-0.4, -0.2) is 29.3 Å². The number of allylic oxidation sites excluding steroid dienone is 3. The molecule has 0 atom stereocenters. The SMILES string of the molecule is C/C=C/C=C/C(=O)O.COC(=O)c1ccccc1O. The van der Waals surface area contributed by atoms with Gasteiger partial charge in [0, 0.05) is 6.08 Å². The van der Waals surface area contributed by atoms with Crippen molar-refractivity contribution in [2.24, 2.45) is 0 Å². The van der Waals surface area contributed by atoms with Crippen LogP contribution in [0.5, 0.6) is 5.75 Å². The Kier molecular flexibility index (Phi) is 8.19. The van der Waals surface area contributed by atoms with Crippen LogP contribution < -0.4 is 0 Å². The van der Waals surface area contributed by atoms with E-state index in [1.807, 2.05) is 6.92 Å². The number of methoxy groups -OCH3 is 1. The molecular weight excluding hydrogens is 248 g/mol. The lowest BCUT2D eigenvalue weighted by molar-refractivity contribution is -0.131. The normalized spacial score (nSPS) is 10.0. The number of para-hydroxylation sites is 1. The van der Waals surface area contributed by atoms with Crippen molar-refractivity contribution in [2.45, 2.75) is 6.92 Å². The summed E-state index contributed by atoms with van der Waals surface area (Å²) in [4.78, 5) is 20.6. The first-order chi connectivity index (χ1) is 9.02. The Morgan fingerprint density at radius 2 is 1.84 bits per heavy atom.